The van der Waals surface area contributed by atoms with E-state index < -0.39 is 5.38 Å². The molecule has 0 saturated heterocycles. The van der Waals surface area contributed by atoms with Gasteiger partial charge >= 0.3 is 0 Å². The number of nitrogens with zero attached hydrogens (tertiary/aromatic N) is 2. The fraction of sp³-hybridized carbons (Fsp3) is 0.471. The van der Waals surface area contributed by atoms with Crippen LogP contribution in [-0.4, -0.2) is 28.1 Å². The molecule has 1 N–H and O–H groups in total. The molecular weight excluding hydrogens is 346 g/mol. The quantitative estimate of drug-likeness (QED) is 0.560. The lowest BCUT2D eigenvalue weighted by Gasteiger charge is -2.08. The van der Waals surface area contributed by atoms with Crippen molar-refractivity contribution in [1.29, 1.82) is 0 Å². The van der Waals surface area contributed by atoms with Crippen LogP contribution in [0.25, 0.3) is 0 Å². The second-order valence-corrected chi connectivity index (χ2v) is 7.50. The van der Waals surface area contributed by atoms with E-state index in [1.54, 1.807) is 6.92 Å². The molecule has 0 aliphatic carbocycles. The predicted octanol–water partition coefficient (Wildman–Crippen LogP) is 4.24. The van der Waals surface area contributed by atoms with Gasteiger partial charge in [0, 0.05) is 6.42 Å². The Labute approximate surface area is 151 Å². The van der Waals surface area contributed by atoms with Gasteiger partial charge in [-0.1, -0.05) is 37.3 Å². The number of anilines is 1. The lowest BCUT2D eigenvalue weighted by Crippen LogP contribution is -2.20. The minimum absolute atomic E-state index is 0.271. The Kier molecular flexibility index (Phi) is 6.99. The van der Waals surface area contributed by atoms with Crippen LogP contribution in [0.1, 0.15) is 43.7 Å². The summed E-state index contributed by atoms with van der Waals surface area (Å²) in [5.41, 5.74) is 1.30. The number of ether oxygens (including phenoxy) is 1. The number of carbonyl (C=O) groups is 1. The zero-order valence-corrected chi connectivity index (χ0v) is 15.7. The smallest absolute Gasteiger partial charge is 0.243 e. The van der Waals surface area contributed by atoms with Gasteiger partial charge < -0.3 is 4.74 Å². The highest BCUT2D eigenvalue weighted by molar-refractivity contribution is 7.15. The zero-order valence-electron chi connectivity index (χ0n) is 14.1. The number of aryl methyl sites for hydroxylation is 1. The van der Waals surface area contributed by atoms with Crippen LogP contribution in [0.15, 0.2) is 24.3 Å². The molecule has 0 spiro atoms. The van der Waals surface area contributed by atoms with Gasteiger partial charge in [0.2, 0.25) is 11.0 Å². The molecule has 24 heavy (non-hydrogen) atoms. The minimum Gasteiger partial charge on any atom is -0.494 e. The molecule has 2 aromatic rings. The average Bonchev–Trinajstić information content (AvgIpc) is 2.99. The Balaban J connectivity index is 1.72. The van der Waals surface area contributed by atoms with Gasteiger partial charge in [0.15, 0.2) is 0 Å². The summed E-state index contributed by atoms with van der Waals surface area (Å²) < 4.78 is 5.73. The second-order valence-electron chi connectivity index (χ2n) is 5.78. The lowest BCUT2D eigenvalue weighted by molar-refractivity contribution is -0.115. The van der Waals surface area contributed by atoms with Crippen molar-refractivity contribution in [2.75, 3.05) is 11.9 Å². The SMILES string of the molecule is CC(Cl)C(=O)Nc1nnc(CCCOc2ccc(C(C)C)cc2)s1. The molecule has 0 bridgehead atoms. The highest BCUT2D eigenvalue weighted by Crippen LogP contribution is 2.20. The molecule has 1 aromatic heterocycles. The van der Waals surface area contributed by atoms with Gasteiger partial charge in [0.1, 0.15) is 16.1 Å². The van der Waals surface area contributed by atoms with Gasteiger partial charge in [0.05, 0.1) is 6.61 Å². The van der Waals surface area contributed by atoms with Crippen molar-refractivity contribution in [3.05, 3.63) is 34.8 Å². The van der Waals surface area contributed by atoms with Crippen molar-refractivity contribution in [1.82, 2.24) is 10.2 Å². The normalized spacial score (nSPS) is 12.2. The third-order valence-electron chi connectivity index (χ3n) is 3.41. The summed E-state index contributed by atoms with van der Waals surface area (Å²) >= 11 is 7.06. The molecule has 1 heterocycles. The third kappa shape index (κ3) is 5.76. The van der Waals surface area contributed by atoms with Crippen LogP contribution >= 0.6 is 22.9 Å². The van der Waals surface area contributed by atoms with E-state index in [1.165, 1.54) is 16.9 Å². The Morgan fingerprint density at radius 3 is 2.58 bits per heavy atom. The van der Waals surface area contributed by atoms with Gasteiger partial charge in [-0.05, 0) is 37.0 Å². The van der Waals surface area contributed by atoms with Gasteiger partial charge in [-0.15, -0.1) is 21.8 Å². The van der Waals surface area contributed by atoms with Crippen LogP contribution in [0.4, 0.5) is 5.13 Å². The first-order valence-electron chi connectivity index (χ1n) is 7.95. The maximum absolute atomic E-state index is 11.5. The standard InChI is InChI=1S/C17H22ClN3O2S/c1-11(2)13-6-8-14(9-7-13)23-10-4-5-15-20-21-17(24-15)19-16(22)12(3)18/h6-9,11-12H,4-5,10H2,1-3H3,(H,19,21,22). The van der Waals surface area contributed by atoms with E-state index in [9.17, 15) is 4.79 Å². The number of alkyl halides is 1. The molecule has 1 aromatic carbocycles. The van der Waals surface area contributed by atoms with Crippen molar-refractivity contribution >= 4 is 34.0 Å². The molecule has 130 valence electrons. The van der Waals surface area contributed by atoms with Gasteiger partial charge in [-0.3, -0.25) is 10.1 Å². The molecule has 0 saturated carbocycles. The van der Waals surface area contributed by atoms with E-state index >= 15 is 0 Å². The number of rotatable bonds is 8. The summed E-state index contributed by atoms with van der Waals surface area (Å²) in [6, 6.07) is 8.19. The first-order valence-corrected chi connectivity index (χ1v) is 9.21. The minimum atomic E-state index is -0.590. The van der Waals surface area contributed by atoms with Crippen molar-refractivity contribution in [3.63, 3.8) is 0 Å². The van der Waals surface area contributed by atoms with Gasteiger partial charge in [-0.2, -0.15) is 0 Å². The number of hydrogen-bond acceptors (Lipinski definition) is 5. The lowest BCUT2D eigenvalue weighted by atomic mass is 10.0. The number of halogens is 1. The predicted molar refractivity (Wildman–Crippen MR) is 98.2 cm³/mol. The van der Waals surface area contributed by atoms with E-state index in [0.29, 0.717) is 17.7 Å². The topological polar surface area (TPSA) is 64.1 Å². The molecule has 2 rings (SSSR count). The number of nitrogens with one attached hydrogen (secondary N) is 1. The van der Waals surface area contributed by atoms with Crippen molar-refractivity contribution in [2.24, 2.45) is 0 Å². The number of amides is 1. The van der Waals surface area contributed by atoms with Crippen molar-refractivity contribution < 1.29 is 9.53 Å². The van der Waals surface area contributed by atoms with Gasteiger partial charge in [0.25, 0.3) is 0 Å². The zero-order chi connectivity index (χ0) is 17.5. The highest BCUT2D eigenvalue weighted by Gasteiger charge is 2.12. The summed E-state index contributed by atoms with van der Waals surface area (Å²) in [4.78, 5) is 11.5. The van der Waals surface area contributed by atoms with E-state index in [2.05, 4.69) is 41.5 Å². The van der Waals surface area contributed by atoms with Crippen molar-refractivity contribution in [2.45, 2.75) is 44.9 Å². The fourth-order valence-electron chi connectivity index (χ4n) is 1.97. The summed E-state index contributed by atoms with van der Waals surface area (Å²) in [5, 5.41) is 11.4. The molecule has 0 aliphatic rings. The Morgan fingerprint density at radius 1 is 1.25 bits per heavy atom. The number of carbonyl (C=O) groups excluding carboxylic acids is 1. The van der Waals surface area contributed by atoms with Crippen LogP contribution in [0.5, 0.6) is 5.75 Å². The molecule has 1 unspecified atom stereocenters. The summed E-state index contributed by atoms with van der Waals surface area (Å²) in [6.45, 7) is 6.57. The largest absolute Gasteiger partial charge is 0.494 e. The Hall–Kier alpha value is -1.66. The maximum atomic E-state index is 11.5. The first kappa shape index (κ1) is 18.7. The Morgan fingerprint density at radius 2 is 1.96 bits per heavy atom. The third-order valence-corrected chi connectivity index (χ3v) is 4.51. The fourth-order valence-corrected chi connectivity index (χ4v) is 2.81. The molecule has 0 aliphatic heterocycles. The van der Waals surface area contributed by atoms with Crippen LogP contribution in [0.2, 0.25) is 0 Å². The molecule has 1 amide bonds. The van der Waals surface area contributed by atoms with Crippen molar-refractivity contribution in [3.8, 4) is 5.75 Å². The second kappa shape index (κ2) is 8.99. The van der Waals surface area contributed by atoms with E-state index in [-0.39, 0.29) is 5.91 Å². The molecule has 0 fully saturated rings. The number of aromatic nitrogens is 2. The van der Waals surface area contributed by atoms with E-state index in [0.717, 1.165) is 23.6 Å². The summed E-state index contributed by atoms with van der Waals surface area (Å²) in [6.07, 6.45) is 1.59. The average molecular weight is 368 g/mol. The highest BCUT2D eigenvalue weighted by atomic mass is 35.5. The van der Waals surface area contributed by atoms with E-state index in [1.807, 2.05) is 12.1 Å². The molecule has 7 heteroatoms. The van der Waals surface area contributed by atoms with E-state index in [4.69, 9.17) is 16.3 Å². The first-order chi connectivity index (χ1) is 11.5. The van der Waals surface area contributed by atoms with Crippen LogP contribution < -0.4 is 10.1 Å². The Bertz CT molecular complexity index is 656. The summed E-state index contributed by atoms with van der Waals surface area (Å²) in [7, 11) is 0. The van der Waals surface area contributed by atoms with Crippen LogP contribution in [0.3, 0.4) is 0 Å². The molecule has 5 nitrogen and oxygen atoms in total. The van der Waals surface area contributed by atoms with Crippen LogP contribution in [-0.2, 0) is 11.2 Å². The van der Waals surface area contributed by atoms with Gasteiger partial charge in [-0.25, -0.2) is 0 Å². The number of benzene rings is 1. The number of hydrogen-bond donors (Lipinski definition) is 1. The monoisotopic (exact) mass is 367 g/mol. The molecular formula is C17H22ClN3O2S. The maximum Gasteiger partial charge on any atom is 0.243 e. The van der Waals surface area contributed by atoms with Crippen LogP contribution in [0, 0.1) is 0 Å². The molecule has 1 atom stereocenters. The summed E-state index contributed by atoms with van der Waals surface area (Å²) in [5.74, 6) is 1.13. The molecule has 0 radical (unpaired) electrons.